The zero-order valence-corrected chi connectivity index (χ0v) is 9.23. The Hall–Kier alpha value is -1.49. The number of nitrogens with two attached hydrogens (primary N) is 1. The molecule has 0 aliphatic carbocycles. The fourth-order valence-corrected chi connectivity index (χ4v) is 1.97. The summed E-state index contributed by atoms with van der Waals surface area (Å²) in [5, 5.41) is 4.14. The summed E-state index contributed by atoms with van der Waals surface area (Å²) in [7, 11) is 0. The Bertz CT molecular complexity index is 488. The normalized spacial score (nSPS) is 13.3. The van der Waals surface area contributed by atoms with Gasteiger partial charge in [0.05, 0.1) is 0 Å². The van der Waals surface area contributed by atoms with E-state index >= 15 is 0 Å². The van der Waals surface area contributed by atoms with E-state index < -0.39 is 0 Å². The van der Waals surface area contributed by atoms with Crippen LogP contribution < -0.4 is 5.73 Å². The van der Waals surface area contributed by atoms with E-state index in [2.05, 4.69) is 22.0 Å². The van der Waals surface area contributed by atoms with Crippen molar-refractivity contribution in [2.24, 2.45) is 5.73 Å². The topological polar surface area (TPSA) is 69.1 Å². The summed E-state index contributed by atoms with van der Waals surface area (Å²) in [4.78, 5) is 8.48. The summed E-state index contributed by atoms with van der Waals surface area (Å²) < 4.78 is 1.76. The second-order valence-electron chi connectivity index (χ2n) is 3.80. The summed E-state index contributed by atoms with van der Waals surface area (Å²) in [5.74, 6) is 0.948. The van der Waals surface area contributed by atoms with Gasteiger partial charge in [-0.25, -0.2) is 9.50 Å². The zero-order valence-electron chi connectivity index (χ0n) is 9.23. The van der Waals surface area contributed by atoms with Gasteiger partial charge in [-0.1, -0.05) is 6.92 Å². The minimum absolute atomic E-state index is 0.297. The van der Waals surface area contributed by atoms with Gasteiger partial charge in [-0.05, 0) is 31.9 Å². The molecule has 2 N–H and O–H groups in total. The van der Waals surface area contributed by atoms with Gasteiger partial charge in [-0.15, -0.1) is 0 Å². The van der Waals surface area contributed by atoms with E-state index in [4.69, 9.17) is 5.73 Å². The van der Waals surface area contributed by atoms with Gasteiger partial charge < -0.3 is 5.73 Å². The van der Waals surface area contributed by atoms with Gasteiger partial charge in [0.1, 0.15) is 6.33 Å². The van der Waals surface area contributed by atoms with E-state index in [-0.39, 0.29) is 0 Å². The lowest BCUT2D eigenvalue weighted by Crippen LogP contribution is -2.15. The van der Waals surface area contributed by atoms with Crippen LogP contribution in [0, 0.1) is 13.8 Å². The lowest BCUT2D eigenvalue weighted by molar-refractivity contribution is 0.727. The number of rotatable bonds is 2. The highest BCUT2D eigenvalue weighted by atomic mass is 15.3. The molecule has 0 saturated carbocycles. The maximum Gasteiger partial charge on any atom is 0.252 e. The van der Waals surface area contributed by atoms with Crippen molar-refractivity contribution in [3.05, 3.63) is 23.3 Å². The van der Waals surface area contributed by atoms with Crippen LogP contribution in [-0.4, -0.2) is 26.1 Å². The Morgan fingerprint density at radius 1 is 1.47 bits per heavy atom. The van der Waals surface area contributed by atoms with Crippen LogP contribution in [0.1, 0.15) is 29.8 Å². The number of nitrogens with zero attached hydrogens (tertiary/aromatic N) is 4. The highest BCUT2D eigenvalue weighted by molar-refractivity contribution is 5.37. The van der Waals surface area contributed by atoms with Crippen LogP contribution in [-0.2, 0) is 0 Å². The Kier molecular flexibility index (Phi) is 2.40. The molecule has 0 spiro atoms. The predicted octanol–water partition coefficient (Wildman–Crippen LogP) is 0.803. The highest BCUT2D eigenvalue weighted by Gasteiger charge is 2.15. The SMILES string of the molecule is Cc1nc2ncnn2c(C)c1C(C)CN. The van der Waals surface area contributed by atoms with Crippen LogP contribution in [0.25, 0.3) is 5.78 Å². The number of fused-ring (bicyclic) bond motifs is 1. The van der Waals surface area contributed by atoms with Crippen molar-refractivity contribution in [2.75, 3.05) is 6.54 Å². The molecule has 2 rings (SSSR count). The number of hydrogen-bond acceptors (Lipinski definition) is 4. The molecule has 0 radical (unpaired) electrons. The minimum atomic E-state index is 0.297. The number of hydrogen-bond donors (Lipinski definition) is 1. The molecule has 0 saturated heterocycles. The van der Waals surface area contributed by atoms with Crippen molar-refractivity contribution >= 4 is 5.78 Å². The third-order valence-electron chi connectivity index (χ3n) is 2.74. The van der Waals surface area contributed by atoms with Crippen LogP contribution in [0.2, 0.25) is 0 Å². The largest absolute Gasteiger partial charge is 0.330 e. The molecule has 1 unspecified atom stereocenters. The Balaban J connectivity index is 2.72. The van der Waals surface area contributed by atoms with Crippen molar-refractivity contribution in [1.82, 2.24) is 19.6 Å². The van der Waals surface area contributed by atoms with E-state index in [1.807, 2.05) is 13.8 Å². The predicted molar refractivity (Wildman–Crippen MR) is 57.7 cm³/mol. The molecule has 0 amide bonds. The Morgan fingerprint density at radius 2 is 2.20 bits per heavy atom. The minimum Gasteiger partial charge on any atom is -0.330 e. The maximum absolute atomic E-state index is 5.69. The third-order valence-corrected chi connectivity index (χ3v) is 2.74. The van der Waals surface area contributed by atoms with Gasteiger partial charge in [0.15, 0.2) is 0 Å². The smallest absolute Gasteiger partial charge is 0.252 e. The highest BCUT2D eigenvalue weighted by Crippen LogP contribution is 2.21. The van der Waals surface area contributed by atoms with Crippen LogP contribution >= 0.6 is 0 Å². The molecule has 0 bridgehead atoms. The molecular formula is C10H15N5. The van der Waals surface area contributed by atoms with Crippen molar-refractivity contribution in [1.29, 1.82) is 0 Å². The van der Waals surface area contributed by atoms with Crippen LogP contribution in [0.4, 0.5) is 0 Å². The molecule has 15 heavy (non-hydrogen) atoms. The average molecular weight is 205 g/mol. The first-order chi connectivity index (χ1) is 7.15. The summed E-state index contributed by atoms with van der Waals surface area (Å²) in [6.45, 7) is 6.73. The van der Waals surface area contributed by atoms with Gasteiger partial charge in [0, 0.05) is 11.4 Å². The van der Waals surface area contributed by atoms with Crippen molar-refractivity contribution in [2.45, 2.75) is 26.7 Å². The average Bonchev–Trinajstić information content (AvgIpc) is 2.65. The van der Waals surface area contributed by atoms with Gasteiger partial charge in [0.25, 0.3) is 5.78 Å². The third kappa shape index (κ3) is 1.48. The fraction of sp³-hybridized carbons (Fsp3) is 0.500. The van der Waals surface area contributed by atoms with Gasteiger partial charge in [-0.3, -0.25) is 0 Å². The molecule has 2 aromatic heterocycles. The van der Waals surface area contributed by atoms with E-state index in [9.17, 15) is 0 Å². The number of aromatic nitrogens is 4. The first-order valence-corrected chi connectivity index (χ1v) is 5.02. The molecule has 2 heterocycles. The monoisotopic (exact) mass is 205 g/mol. The molecule has 0 aliphatic heterocycles. The van der Waals surface area contributed by atoms with Gasteiger partial charge in [0.2, 0.25) is 0 Å². The second-order valence-corrected chi connectivity index (χ2v) is 3.80. The fourth-order valence-electron chi connectivity index (χ4n) is 1.97. The summed E-state index contributed by atoms with van der Waals surface area (Å²) in [5.41, 5.74) is 8.93. The molecule has 0 fully saturated rings. The molecule has 5 nitrogen and oxygen atoms in total. The quantitative estimate of drug-likeness (QED) is 0.787. The molecular weight excluding hydrogens is 190 g/mol. The van der Waals surface area contributed by atoms with Crippen molar-refractivity contribution < 1.29 is 0 Å². The standard InChI is InChI=1S/C10H15N5/c1-6(4-11)9-7(2)14-10-12-5-13-15(10)8(9)3/h5-6H,4,11H2,1-3H3. The van der Waals surface area contributed by atoms with Gasteiger partial charge in [-0.2, -0.15) is 10.1 Å². The lowest BCUT2D eigenvalue weighted by Gasteiger charge is -2.15. The van der Waals surface area contributed by atoms with E-state index in [1.165, 1.54) is 11.9 Å². The summed E-state index contributed by atoms with van der Waals surface area (Å²) in [6.07, 6.45) is 1.52. The Labute approximate surface area is 88.3 Å². The lowest BCUT2D eigenvalue weighted by atomic mass is 9.98. The maximum atomic E-state index is 5.69. The zero-order chi connectivity index (χ0) is 11.0. The van der Waals surface area contributed by atoms with Gasteiger partial charge >= 0.3 is 0 Å². The second kappa shape index (κ2) is 3.58. The molecule has 5 heteroatoms. The molecule has 0 aromatic carbocycles. The molecule has 0 aliphatic rings. The molecule has 1 atom stereocenters. The molecule has 2 aromatic rings. The van der Waals surface area contributed by atoms with E-state index in [0.29, 0.717) is 18.2 Å². The first kappa shape index (κ1) is 10.0. The van der Waals surface area contributed by atoms with Crippen LogP contribution in [0.5, 0.6) is 0 Å². The molecule has 80 valence electrons. The van der Waals surface area contributed by atoms with Crippen molar-refractivity contribution in [3.8, 4) is 0 Å². The van der Waals surface area contributed by atoms with E-state index in [1.54, 1.807) is 4.52 Å². The van der Waals surface area contributed by atoms with Crippen LogP contribution in [0.3, 0.4) is 0 Å². The summed E-state index contributed by atoms with van der Waals surface area (Å²) in [6, 6.07) is 0. The van der Waals surface area contributed by atoms with E-state index in [0.717, 1.165) is 11.4 Å². The summed E-state index contributed by atoms with van der Waals surface area (Å²) >= 11 is 0. The van der Waals surface area contributed by atoms with Crippen molar-refractivity contribution in [3.63, 3.8) is 0 Å². The Morgan fingerprint density at radius 3 is 2.87 bits per heavy atom. The van der Waals surface area contributed by atoms with Crippen LogP contribution in [0.15, 0.2) is 6.33 Å². The first-order valence-electron chi connectivity index (χ1n) is 5.02. The number of aryl methyl sites for hydroxylation is 2.